The van der Waals surface area contributed by atoms with Crippen LogP contribution in [0.2, 0.25) is 0 Å². The van der Waals surface area contributed by atoms with Gasteiger partial charge in [0.15, 0.2) is 5.82 Å². The first-order valence-electron chi connectivity index (χ1n) is 9.52. The van der Waals surface area contributed by atoms with E-state index in [1.54, 1.807) is 12.1 Å². The molecule has 33 heavy (non-hydrogen) atoms. The SMILES string of the molecule is CC(=O)Nc1ccc(S(=O)(=O)Nc2ccc(F)c(C(=O)c3c[nH]c4ncccc34)c2F)cc1. The number of carbonyl (C=O) groups excluding carboxylic acids is 2. The number of nitrogens with zero attached hydrogens (tertiary/aromatic N) is 1. The quantitative estimate of drug-likeness (QED) is 0.370. The molecule has 168 valence electrons. The number of ketones is 1. The van der Waals surface area contributed by atoms with Gasteiger partial charge in [-0.2, -0.15) is 0 Å². The molecule has 11 heteroatoms. The number of halogens is 2. The van der Waals surface area contributed by atoms with Crippen LogP contribution in [-0.2, 0) is 14.8 Å². The van der Waals surface area contributed by atoms with E-state index < -0.39 is 38.7 Å². The van der Waals surface area contributed by atoms with Gasteiger partial charge in [-0.15, -0.1) is 0 Å². The van der Waals surface area contributed by atoms with Gasteiger partial charge in [0.05, 0.1) is 16.1 Å². The number of pyridine rings is 1. The maximum absolute atomic E-state index is 15.2. The van der Waals surface area contributed by atoms with E-state index in [0.29, 0.717) is 16.7 Å². The average molecular weight is 470 g/mol. The molecule has 0 aliphatic carbocycles. The van der Waals surface area contributed by atoms with E-state index in [1.807, 2.05) is 4.72 Å². The highest BCUT2D eigenvalue weighted by Crippen LogP contribution is 2.28. The number of aromatic nitrogens is 2. The molecular formula is C22H16F2N4O4S. The van der Waals surface area contributed by atoms with Crippen LogP contribution in [0.3, 0.4) is 0 Å². The molecule has 0 spiro atoms. The zero-order valence-electron chi connectivity index (χ0n) is 17.0. The number of anilines is 2. The Hall–Kier alpha value is -4.12. The van der Waals surface area contributed by atoms with E-state index >= 15 is 4.39 Å². The predicted octanol–water partition coefficient (Wildman–Crippen LogP) is 3.83. The summed E-state index contributed by atoms with van der Waals surface area (Å²) in [6.07, 6.45) is 2.78. The third-order valence-electron chi connectivity index (χ3n) is 4.74. The van der Waals surface area contributed by atoms with Crippen molar-refractivity contribution in [1.82, 2.24) is 9.97 Å². The number of H-pyrrole nitrogens is 1. The Balaban J connectivity index is 1.68. The van der Waals surface area contributed by atoms with Gasteiger partial charge in [0.25, 0.3) is 10.0 Å². The number of hydrogen-bond acceptors (Lipinski definition) is 5. The van der Waals surface area contributed by atoms with Crippen LogP contribution in [0.15, 0.2) is 65.8 Å². The second kappa shape index (κ2) is 8.43. The Bertz CT molecular complexity index is 1500. The number of nitrogens with one attached hydrogen (secondary N) is 3. The Morgan fingerprint density at radius 2 is 1.76 bits per heavy atom. The molecule has 0 aliphatic rings. The monoisotopic (exact) mass is 470 g/mol. The molecule has 1 amide bonds. The van der Waals surface area contributed by atoms with Crippen LogP contribution in [0.4, 0.5) is 20.2 Å². The number of sulfonamides is 1. The molecule has 0 radical (unpaired) electrons. The van der Waals surface area contributed by atoms with Gasteiger partial charge in [0.2, 0.25) is 11.7 Å². The third kappa shape index (κ3) is 4.30. The zero-order chi connectivity index (χ0) is 23.8. The van der Waals surface area contributed by atoms with Gasteiger partial charge in [-0.25, -0.2) is 22.2 Å². The van der Waals surface area contributed by atoms with E-state index in [4.69, 9.17) is 0 Å². The van der Waals surface area contributed by atoms with Gasteiger partial charge in [0.1, 0.15) is 11.5 Å². The Morgan fingerprint density at radius 1 is 1.03 bits per heavy atom. The fourth-order valence-electron chi connectivity index (χ4n) is 3.24. The largest absolute Gasteiger partial charge is 0.345 e. The Kier molecular flexibility index (Phi) is 5.64. The summed E-state index contributed by atoms with van der Waals surface area (Å²) in [4.78, 5) is 30.6. The van der Waals surface area contributed by atoms with E-state index in [-0.39, 0.29) is 16.4 Å². The van der Waals surface area contributed by atoms with Crippen molar-refractivity contribution in [2.45, 2.75) is 11.8 Å². The molecule has 0 atom stereocenters. The summed E-state index contributed by atoms with van der Waals surface area (Å²) in [6, 6.07) is 9.97. The lowest BCUT2D eigenvalue weighted by Crippen LogP contribution is -2.16. The molecule has 0 saturated carbocycles. The molecule has 3 N–H and O–H groups in total. The highest BCUT2D eigenvalue weighted by Gasteiger charge is 2.26. The summed E-state index contributed by atoms with van der Waals surface area (Å²) in [6.45, 7) is 1.30. The first-order chi connectivity index (χ1) is 15.7. The first-order valence-corrected chi connectivity index (χ1v) is 11.0. The van der Waals surface area contributed by atoms with Gasteiger partial charge in [-0.1, -0.05) is 0 Å². The molecule has 0 fully saturated rings. The summed E-state index contributed by atoms with van der Waals surface area (Å²) >= 11 is 0. The number of hydrogen-bond donors (Lipinski definition) is 3. The van der Waals surface area contributed by atoms with Crippen molar-refractivity contribution >= 4 is 44.1 Å². The number of fused-ring (bicyclic) bond motifs is 1. The van der Waals surface area contributed by atoms with Crippen LogP contribution in [0.5, 0.6) is 0 Å². The van der Waals surface area contributed by atoms with Crippen molar-refractivity contribution in [2.75, 3.05) is 10.0 Å². The van der Waals surface area contributed by atoms with Gasteiger partial charge in [-0.3, -0.25) is 14.3 Å². The number of rotatable bonds is 6. The maximum Gasteiger partial charge on any atom is 0.261 e. The minimum atomic E-state index is -4.28. The molecular weight excluding hydrogens is 454 g/mol. The van der Waals surface area contributed by atoms with Crippen LogP contribution >= 0.6 is 0 Å². The molecule has 0 saturated heterocycles. The van der Waals surface area contributed by atoms with Crippen LogP contribution in [0.25, 0.3) is 11.0 Å². The predicted molar refractivity (Wildman–Crippen MR) is 117 cm³/mol. The van der Waals surface area contributed by atoms with E-state index in [0.717, 1.165) is 12.1 Å². The standard InChI is InChI=1S/C22H16F2N4O4S/c1-12(29)27-13-4-6-14(7-5-13)33(31,32)28-18-9-8-17(23)19(20(18)24)21(30)16-11-26-22-15(16)3-2-10-25-22/h2-11,28H,1H3,(H,25,26)(H,27,29). The van der Waals surface area contributed by atoms with Gasteiger partial charge < -0.3 is 10.3 Å². The zero-order valence-corrected chi connectivity index (χ0v) is 17.8. The van der Waals surface area contributed by atoms with Crippen molar-refractivity contribution in [3.05, 3.63) is 83.7 Å². The van der Waals surface area contributed by atoms with E-state index in [2.05, 4.69) is 15.3 Å². The molecule has 2 aromatic carbocycles. The Labute approximate surface area is 186 Å². The summed E-state index contributed by atoms with van der Waals surface area (Å²) in [5.41, 5.74) is -0.772. The van der Waals surface area contributed by atoms with Crippen LogP contribution < -0.4 is 10.0 Å². The van der Waals surface area contributed by atoms with Crippen LogP contribution in [0, 0.1) is 11.6 Å². The summed E-state index contributed by atoms with van der Waals surface area (Å²) < 4.78 is 57.1. The molecule has 2 aromatic heterocycles. The van der Waals surface area contributed by atoms with E-state index in [9.17, 15) is 22.4 Å². The van der Waals surface area contributed by atoms with E-state index in [1.165, 1.54) is 43.6 Å². The normalized spacial score (nSPS) is 11.4. The highest BCUT2D eigenvalue weighted by molar-refractivity contribution is 7.92. The van der Waals surface area contributed by atoms with Crippen molar-refractivity contribution in [3.8, 4) is 0 Å². The van der Waals surface area contributed by atoms with Gasteiger partial charge in [-0.05, 0) is 48.5 Å². The minimum absolute atomic E-state index is 0.00975. The topological polar surface area (TPSA) is 121 Å². The van der Waals surface area contributed by atoms with Crippen LogP contribution in [0.1, 0.15) is 22.8 Å². The number of aromatic amines is 1. The van der Waals surface area contributed by atoms with Crippen molar-refractivity contribution < 1.29 is 26.8 Å². The maximum atomic E-state index is 15.2. The number of carbonyl (C=O) groups is 2. The number of benzene rings is 2. The number of amides is 1. The molecule has 4 aromatic rings. The second-order valence-corrected chi connectivity index (χ2v) is 8.71. The molecule has 8 nitrogen and oxygen atoms in total. The summed E-state index contributed by atoms with van der Waals surface area (Å²) in [5, 5.41) is 2.86. The molecule has 4 rings (SSSR count). The van der Waals surface area contributed by atoms with Crippen LogP contribution in [-0.4, -0.2) is 30.1 Å². The van der Waals surface area contributed by atoms with Crippen molar-refractivity contribution in [1.29, 1.82) is 0 Å². The molecule has 0 unspecified atom stereocenters. The minimum Gasteiger partial charge on any atom is -0.345 e. The fraction of sp³-hybridized carbons (Fsp3) is 0.0455. The summed E-state index contributed by atoms with van der Waals surface area (Å²) in [7, 11) is -4.28. The molecule has 0 aliphatic heterocycles. The average Bonchev–Trinajstić information content (AvgIpc) is 3.20. The van der Waals surface area contributed by atoms with Crippen molar-refractivity contribution in [2.24, 2.45) is 0 Å². The smallest absolute Gasteiger partial charge is 0.261 e. The molecule has 2 heterocycles. The third-order valence-corrected chi connectivity index (χ3v) is 6.12. The lowest BCUT2D eigenvalue weighted by molar-refractivity contribution is -0.114. The van der Waals surface area contributed by atoms with Gasteiger partial charge in [0, 0.05) is 36.0 Å². The highest BCUT2D eigenvalue weighted by atomic mass is 32.2. The molecule has 0 bridgehead atoms. The lowest BCUT2D eigenvalue weighted by atomic mass is 10.0. The first kappa shape index (κ1) is 22.1. The van der Waals surface area contributed by atoms with Gasteiger partial charge >= 0.3 is 0 Å². The second-order valence-electron chi connectivity index (χ2n) is 7.03. The Morgan fingerprint density at radius 3 is 2.45 bits per heavy atom. The lowest BCUT2D eigenvalue weighted by Gasteiger charge is -2.12. The fourth-order valence-corrected chi connectivity index (χ4v) is 4.30. The summed E-state index contributed by atoms with van der Waals surface area (Å²) in [5.74, 6) is -3.79. The van der Waals surface area contributed by atoms with Crippen molar-refractivity contribution in [3.63, 3.8) is 0 Å².